The Kier molecular flexibility index (Phi) is 10.9. The number of aromatic nitrogens is 1. The van der Waals surface area contributed by atoms with Crippen LogP contribution in [0.2, 0.25) is 0 Å². The van der Waals surface area contributed by atoms with E-state index in [0.717, 1.165) is 24.8 Å². The minimum Gasteiger partial charge on any atom is -0.384 e. The lowest BCUT2D eigenvalue weighted by atomic mass is 10.1. The first kappa shape index (κ1) is 18.3. The van der Waals surface area contributed by atoms with Crippen molar-refractivity contribution in [2.45, 2.75) is 25.7 Å². The van der Waals surface area contributed by atoms with Crippen molar-refractivity contribution in [2.75, 3.05) is 5.73 Å². The fourth-order valence-corrected chi connectivity index (χ4v) is 1.24. The van der Waals surface area contributed by atoms with Gasteiger partial charge in [-0.1, -0.05) is 6.07 Å². The van der Waals surface area contributed by atoms with Crippen LogP contribution >= 0.6 is 24.8 Å². The molecule has 0 fully saturated rings. The summed E-state index contributed by atoms with van der Waals surface area (Å²) in [5, 5.41) is 0. The average molecular weight is 282 g/mol. The Balaban J connectivity index is 0. The van der Waals surface area contributed by atoms with Crippen molar-refractivity contribution in [1.82, 2.24) is 4.98 Å². The average Bonchev–Trinajstić information content (AvgIpc) is 2.26. The summed E-state index contributed by atoms with van der Waals surface area (Å²) < 4.78 is 0. The standard InChI is InChI=1S/C10H15N3O2.2ClH/c11-9-6-5-8(7-13-9)3-1-2-4-10(14)15-12;;/h5-7H,1-4,12H2,(H2,11,13);2*1H. The molecule has 0 saturated carbocycles. The number of aryl methyl sites for hydroxylation is 1. The number of nitrogens with zero attached hydrogens (tertiary/aromatic N) is 1. The summed E-state index contributed by atoms with van der Waals surface area (Å²) in [6.45, 7) is 0. The highest BCUT2D eigenvalue weighted by Gasteiger charge is 2.00. The largest absolute Gasteiger partial charge is 0.384 e. The normalized spacial score (nSPS) is 8.76. The van der Waals surface area contributed by atoms with Crippen LogP contribution in [0.1, 0.15) is 24.8 Å². The summed E-state index contributed by atoms with van der Waals surface area (Å²) in [6.07, 6.45) is 4.65. The molecule has 0 spiro atoms. The number of carbonyl (C=O) groups excluding carboxylic acids is 1. The first-order chi connectivity index (χ1) is 7.22. The molecule has 7 heteroatoms. The van der Waals surface area contributed by atoms with Crippen LogP contribution in [0, 0.1) is 0 Å². The lowest BCUT2D eigenvalue weighted by Crippen LogP contribution is -2.09. The molecule has 0 atom stereocenters. The number of halogens is 2. The van der Waals surface area contributed by atoms with Gasteiger partial charge in [0, 0.05) is 12.6 Å². The minimum atomic E-state index is -0.370. The van der Waals surface area contributed by atoms with Crippen LogP contribution in [0.15, 0.2) is 18.3 Å². The molecule has 0 aliphatic rings. The smallest absolute Gasteiger partial charge is 0.324 e. The van der Waals surface area contributed by atoms with E-state index in [-0.39, 0.29) is 30.8 Å². The molecule has 4 N–H and O–H groups in total. The summed E-state index contributed by atoms with van der Waals surface area (Å²) in [6, 6.07) is 3.70. The van der Waals surface area contributed by atoms with Gasteiger partial charge in [0.2, 0.25) is 0 Å². The van der Waals surface area contributed by atoms with Crippen molar-refractivity contribution in [2.24, 2.45) is 5.90 Å². The Morgan fingerprint density at radius 1 is 1.29 bits per heavy atom. The number of nitrogens with two attached hydrogens (primary N) is 2. The topological polar surface area (TPSA) is 91.2 Å². The fourth-order valence-electron chi connectivity index (χ4n) is 1.24. The molecule has 0 bridgehead atoms. The molecule has 1 aromatic rings. The van der Waals surface area contributed by atoms with Gasteiger partial charge in [0.1, 0.15) is 5.82 Å². The van der Waals surface area contributed by atoms with Crippen LogP contribution in [0.3, 0.4) is 0 Å². The Bertz CT molecular complexity index is 320. The van der Waals surface area contributed by atoms with Crippen molar-refractivity contribution >= 4 is 36.6 Å². The molecule has 0 aliphatic heterocycles. The van der Waals surface area contributed by atoms with E-state index in [1.165, 1.54) is 0 Å². The van der Waals surface area contributed by atoms with Gasteiger partial charge in [-0.2, -0.15) is 5.90 Å². The zero-order chi connectivity index (χ0) is 11.1. The molecule has 17 heavy (non-hydrogen) atoms. The lowest BCUT2D eigenvalue weighted by molar-refractivity contribution is -0.144. The van der Waals surface area contributed by atoms with Crippen LogP contribution in [-0.4, -0.2) is 11.0 Å². The number of nitrogen functional groups attached to an aromatic ring is 1. The zero-order valence-corrected chi connectivity index (χ0v) is 10.9. The van der Waals surface area contributed by atoms with Gasteiger partial charge in [-0.25, -0.2) is 4.98 Å². The Morgan fingerprint density at radius 3 is 2.53 bits per heavy atom. The second-order valence-corrected chi connectivity index (χ2v) is 3.29. The third-order valence-corrected chi connectivity index (χ3v) is 2.08. The van der Waals surface area contributed by atoms with E-state index in [0.29, 0.717) is 12.2 Å². The van der Waals surface area contributed by atoms with Gasteiger partial charge in [0.15, 0.2) is 0 Å². The third-order valence-electron chi connectivity index (χ3n) is 2.08. The van der Waals surface area contributed by atoms with Gasteiger partial charge >= 0.3 is 5.97 Å². The number of hydrogen-bond acceptors (Lipinski definition) is 5. The first-order valence-corrected chi connectivity index (χ1v) is 4.82. The highest BCUT2D eigenvalue weighted by molar-refractivity contribution is 5.85. The highest BCUT2D eigenvalue weighted by Crippen LogP contribution is 2.07. The van der Waals surface area contributed by atoms with E-state index >= 15 is 0 Å². The monoisotopic (exact) mass is 281 g/mol. The molecule has 0 unspecified atom stereocenters. The van der Waals surface area contributed by atoms with E-state index < -0.39 is 0 Å². The molecule has 1 aromatic heterocycles. The molecule has 0 saturated heterocycles. The van der Waals surface area contributed by atoms with E-state index in [9.17, 15) is 4.79 Å². The number of hydrogen-bond donors (Lipinski definition) is 2. The predicted octanol–water partition coefficient (Wildman–Crippen LogP) is 1.64. The molecule has 1 rings (SSSR count). The highest BCUT2D eigenvalue weighted by atomic mass is 35.5. The van der Waals surface area contributed by atoms with Crippen LogP contribution in [0.4, 0.5) is 5.82 Å². The molecular formula is C10H17Cl2N3O2. The summed E-state index contributed by atoms with van der Waals surface area (Å²) >= 11 is 0. The quantitative estimate of drug-likeness (QED) is 0.632. The maximum absolute atomic E-state index is 10.7. The van der Waals surface area contributed by atoms with Crippen LogP contribution in [0.25, 0.3) is 0 Å². The van der Waals surface area contributed by atoms with Gasteiger partial charge in [0.05, 0.1) is 0 Å². The van der Waals surface area contributed by atoms with E-state index in [1.807, 2.05) is 6.07 Å². The van der Waals surface area contributed by atoms with Gasteiger partial charge in [-0.15, -0.1) is 24.8 Å². The van der Waals surface area contributed by atoms with Crippen molar-refractivity contribution < 1.29 is 9.63 Å². The van der Waals surface area contributed by atoms with Crippen LogP contribution in [0.5, 0.6) is 0 Å². The molecule has 0 aromatic carbocycles. The SMILES string of the molecule is Cl.Cl.NOC(=O)CCCCc1ccc(N)nc1. The lowest BCUT2D eigenvalue weighted by Gasteiger charge is -2.01. The maximum atomic E-state index is 10.7. The number of rotatable bonds is 5. The number of pyridine rings is 1. The van der Waals surface area contributed by atoms with Crippen molar-refractivity contribution in [3.05, 3.63) is 23.9 Å². The number of unbranched alkanes of at least 4 members (excludes halogenated alkanes) is 1. The second-order valence-electron chi connectivity index (χ2n) is 3.29. The second kappa shape index (κ2) is 10.1. The molecule has 1 heterocycles. The molecular weight excluding hydrogens is 265 g/mol. The van der Waals surface area contributed by atoms with Crippen LogP contribution in [-0.2, 0) is 16.1 Å². The van der Waals surface area contributed by atoms with Gasteiger partial charge in [0.25, 0.3) is 0 Å². The Morgan fingerprint density at radius 2 is 2.00 bits per heavy atom. The Hall–Kier alpha value is -1.04. The van der Waals surface area contributed by atoms with Crippen LogP contribution < -0.4 is 11.6 Å². The van der Waals surface area contributed by atoms with Gasteiger partial charge in [-0.3, -0.25) is 4.79 Å². The van der Waals surface area contributed by atoms with E-state index in [4.69, 9.17) is 11.6 Å². The number of anilines is 1. The molecule has 0 aliphatic carbocycles. The van der Waals surface area contributed by atoms with E-state index in [2.05, 4.69) is 9.82 Å². The maximum Gasteiger partial charge on any atom is 0.324 e. The first-order valence-electron chi connectivity index (χ1n) is 4.82. The van der Waals surface area contributed by atoms with Crippen molar-refractivity contribution in [3.8, 4) is 0 Å². The molecule has 0 radical (unpaired) electrons. The molecule has 0 amide bonds. The van der Waals surface area contributed by atoms with Crippen molar-refractivity contribution in [1.29, 1.82) is 0 Å². The predicted molar refractivity (Wildman–Crippen MR) is 71.0 cm³/mol. The summed E-state index contributed by atoms with van der Waals surface area (Å²) in [5.74, 6) is 4.86. The Labute approximate surface area is 113 Å². The minimum absolute atomic E-state index is 0. The molecule has 5 nitrogen and oxygen atoms in total. The fraction of sp³-hybridized carbons (Fsp3) is 0.400. The summed E-state index contributed by atoms with van der Waals surface area (Å²) in [4.78, 5) is 18.7. The third kappa shape index (κ3) is 7.79. The zero-order valence-electron chi connectivity index (χ0n) is 9.30. The summed E-state index contributed by atoms with van der Waals surface area (Å²) in [5.41, 5.74) is 6.57. The van der Waals surface area contributed by atoms with Crippen molar-refractivity contribution in [3.63, 3.8) is 0 Å². The van der Waals surface area contributed by atoms with Gasteiger partial charge in [-0.05, 0) is 30.9 Å². The van der Waals surface area contributed by atoms with E-state index in [1.54, 1.807) is 12.3 Å². The summed E-state index contributed by atoms with van der Waals surface area (Å²) in [7, 11) is 0. The molecule has 98 valence electrons. The van der Waals surface area contributed by atoms with Gasteiger partial charge < -0.3 is 10.6 Å². The number of carbonyl (C=O) groups is 1.